The average molecular weight is 420 g/mol. The molecule has 1 fully saturated rings. The molecular weight excluding hydrogens is 390 g/mol. The summed E-state index contributed by atoms with van der Waals surface area (Å²) in [6, 6.07) is 10.3. The van der Waals surface area contributed by atoms with Crippen LogP contribution < -0.4 is 5.32 Å². The number of carbonyl (C=O) groups is 1. The predicted molar refractivity (Wildman–Crippen MR) is 116 cm³/mol. The quantitative estimate of drug-likeness (QED) is 0.663. The maximum Gasteiger partial charge on any atom is 0.289 e. The molecule has 8 nitrogen and oxygen atoms in total. The van der Waals surface area contributed by atoms with Gasteiger partial charge in [0.1, 0.15) is 5.82 Å². The summed E-state index contributed by atoms with van der Waals surface area (Å²) >= 11 is 0. The third-order valence-corrected chi connectivity index (χ3v) is 6.43. The highest BCUT2D eigenvalue weighted by Gasteiger charge is 2.39. The zero-order chi connectivity index (χ0) is 21.4. The van der Waals surface area contributed by atoms with Gasteiger partial charge in [-0.2, -0.15) is 5.10 Å². The number of likely N-dealkylation sites (tertiary alicyclic amines) is 1. The lowest BCUT2D eigenvalue weighted by molar-refractivity contribution is 0.0932. The Kier molecular flexibility index (Phi) is 5.31. The number of hydrogen-bond acceptors (Lipinski definition) is 5. The first-order chi connectivity index (χ1) is 15.1. The molecule has 2 aromatic heterocycles. The van der Waals surface area contributed by atoms with Crippen LogP contribution in [-0.4, -0.2) is 48.4 Å². The van der Waals surface area contributed by atoms with Crippen LogP contribution in [0, 0.1) is 11.8 Å². The number of nitrogens with one attached hydrogen (secondary N) is 1. The second-order valence-electron chi connectivity index (χ2n) is 9.06. The van der Waals surface area contributed by atoms with E-state index in [4.69, 9.17) is 0 Å². The van der Waals surface area contributed by atoms with Crippen molar-refractivity contribution in [2.24, 2.45) is 11.8 Å². The Hall–Kier alpha value is -3.00. The van der Waals surface area contributed by atoms with Crippen LogP contribution in [-0.2, 0) is 26.1 Å². The molecule has 1 aromatic carbocycles. The van der Waals surface area contributed by atoms with E-state index in [1.54, 1.807) is 0 Å². The fraction of sp³-hybridized carbons (Fsp3) is 0.478. The van der Waals surface area contributed by atoms with E-state index in [2.05, 4.69) is 45.6 Å². The number of amides is 1. The molecule has 3 aromatic rings. The Morgan fingerprint density at radius 2 is 1.90 bits per heavy atom. The predicted octanol–water partition coefficient (Wildman–Crippen LogP) is 2.29. The van der Waals surface area contributed by atoms with Crippen LogP contribution in [0.4, 0.5) is 0 Å². The Bertz CT molecular complexity index is 1060. The van der Waals surface area contributed by atoms with Crippen molar-refractivity contribution in [3.05, 3.63) is 65.5 Å². The molecule has 2 atom stereocenters. The van der Waals surface area contributed by atoms with Crippen molar-refractivity contribution in [2.75, 3.05) is 13.1 Å². The summed E-state index contributed by atoms with van der Waals surface area (Å²) in [4.78, 5) is 15.3. The Balaban J connectivity index is 1.22. The number of hydrogen-bond donors (Lipinski definition) is 1. The third-order valence-electron chi connectivity index (χ3n) is 6.43. The summed E-state index contributed by atoms with van der Waals surface area (Å²) < 4.78 is 4.04. The molecule has 0 radical (unpaired) electrons. The van der Waals surface area contributed by atoms with Gasteiger partial charge in [-0.1, -0.05) is 30.3 Å². The monoisotopic (exact) mass is 419 g/mol. The van der Waals surface area contributed by atoms with E-state index in [0.29, 0.717) is 30.2 Å². The second-order valence-corrected chi connectivity index (χ2v) is 9.06. The van der Waals surface area contributed by atoms with Crippen LogP contribution in [0.5, 0.6) is 0 Å². The molecule has 0 spiro atoms. The van der Waals surface area contributed by atoms with Gasteiger partial charge in [0.05, 0.1) is 6.20 Å². The third kappa shape index (κ3) is 4.12. The number of carbonyl (C=O) groups excluding carboxylic acids is 1. The molecule has 162 valence electrons. The highest BCUT2D eigenvalue weighted by atomic mass is 16.2. The Morgan fingerprint density at radius 1 is 1.10 bits per heavy atom. The van der Waals surface area contributed by atoms with Crippen LogP contribution in [0.15, 0.2) is 42.7 Å². The maximum absolute atomic E-state index is 12.8. The van der Waals surface area contributed by atoms with Gasteiger partial charge in [-0.25, -0.2) is 0 Å². The Labute approximate surface area is 182 Å². The minimum absolute atomic E-state index is 0.156. The van der Waals surface area contributed by atoms with Gasteiger partial charge in [-0.05, 0) is 31.2 Å². The molecule has 1 saturated heterocycles. The Morgan fingerprint density at radius 3 is 2.68 bits per heavy atom. The minimum atomic E-state index is -0.156. The van der Waals surface area contributed by atoms with Gasteiger partial charge >= 0.3 is 0 Å². The summed E-state index contributed by atoms with van der Waals surface area (Å²) in [6.07, 6.45) is 5.01. The number of fused-ring (bicyclic) bond motifs is 2. The highest BCUT2D eigenvalue weighted by Crippen LogP contribution is 2.33. The molecule has 8 heteroatoms. The summed E-state index contributed by atoms with van der Waals surface area (Å²) in [5.74, 6) is 2.29. The van der Waals surface area contributed by atoms with E-state index in [1.165, 1.54) is 5.56 Å². The molecule has 0 saturated carbocycles. The largest absolute Gasteiger partial charge is 0.345 e. The standard InChI is InChI=1S/C23H29N7O/c1-16(2)30-12-18(10-25-30)11-28-13-19-8-21-26-27-22(29(21)15-20(19)14-28)23(31)24-9-17-6-4-3-5-7-17/h3-7,10,12,16,19-20H,8-9,11,13-15H2,1-2H3,(H,24,31)/t19-,20-/m0/s1. The second kappa shape index (κ2) is 8.26. The first kappa shape index (κ1) is 19.9. The van der Waals surface area contributed by atoms with Crippen molar-refractivity contribution in [2.45, 2.75) is 45.9 Å². The molecule has 0 aliphatic carbocycles. The van der Waals surface area contributed by atoms with Crippen molar-refractivity contribution in [1.82, 2.24) is 34.8 Å². The van der Waals surface area contributed by atoms with Crippen molar-refractivity contribution in [3.8, 4) is 0 Å². The van der Waals surface area contributed by atoms with Crippen LogP contribution in [0.2, 0.25) is 0 Å². The number of benzene rings is 1. The van der Waals surface area contributed by atoms with Crippen LogP contribution in [0.1, 0.15) is 47.5 Å². The van der Waals surface area contributed by atoms with Gasteiger partial charge in [0.2, 0.25) is 5.82 Å². The first-order valence-electron chi connectivity index (χ1n) is 11.1. The van der Waals surface area contributed by atoms with Gasteiger partial charge in [0, 0.05) is 56.9 Å². The molecule has 5 rings (SSSR count). The van der Waals surface area contributed by atoms with Gasteiger partial charge in [-0.3, -0.25) is 14.4 Å². The average Bonchev–Trinajstić information content (AvgIpc) is 3.49. The zero-order valence-corrected chi connectivity index (χ0v) is 18.1. The van der Waals surface area contributed by atoms with E-state index in [9.17, 15) is 4.79 Å². The lowest BCUT2D eigenvalue weighted by Gasteiger charge is -2.25. The number of aromatic nitrogens is 5. The summed E-state index contributed by atoms with van der Waals surface area (Å²) in [5, 5.41) is 16.0. The molecule has 1 N–H and O–H groups in total. The number of nitrogens with zero attached hydrogens (tertiary/aromatic N) is 6. The fourth-order valence-electron chi connectivity index (χ4n) is 4.78. The maximum atomic E-state index is 12.8. The van der Waals surface area contributed by atoms with E-state index in [1.807, 2.05) is 45.8 Å². The van der Waals surface area contributed by atoms with Crippen molar-refractivity contribution in [3.63, 3.8) is 0 Å². The molecule has 31 heavy (non-hydrogen) atoms. The molecule has 1 amide bonds. The smallest absolute Gasteiger partial charge is 0.289 e. The molecule has 2 aliphatic heterocycles. The minimum Gasteiger partial charge on any atom is -0.345 e. The van der Waals surface area contributed by atoms with E-state index in [-0.39, 0.29) is 5.91 Å². The topological polar surface area (TPSA) is 80.9 Å². The van der Waals surface area contributed by atoms with Gasteiger partial charge in [0.25, 0.3) is 5.91 Å². The van der Waals surface area contributed by atoms with E-state index >= 15 is 0 Å². The normalized spacial score (nSPS) is 20.6. The van der Waals surface area contributed by atoms with Gasteiger partial charge < -0.3 is 9.88 Å². The fourth-order valence-corrected chi connectivity index (χ4v) is 4.78. The van der Waals surface area contributed by atoms with E-state index in [0.717, 1.165) is 44.0 Å². The molecule has 4 heterocycles. The highest BCUT2D eigenvalue weighted by molar-refractivity contribution is 5.90. The molecule has 2 aliphatic rings. The van der Waals surface area contributed by atoms with Gasteiger partial charge in [0.15, 0.2) is 0 Å². The van der Waals surface area contributed by atoms with Crippen molar-refractivity contribution in [1.29, 1.82) is 0 Å². The van der Waals surface area contributed by atoms with E-state index < -0.39 is 0 Å². The lowest BCUT2D eigenvalue weighted by Crippen LogP contribution is -2.32. The molecular formula is C23H29N7O. The molecule has 0 bridgehead atoms. The van der Waals surface area contributed by atoms with Gasteiger partial charge in [-0.15, -0.1) is 10.2 Å². The summed E-state index contributed by atoms with van der Waals surface area (Å²) in [5.41, 5.74) is 2.33. The van der Waals surface area contributed by atoms with Crippen LogP contribution in [0.25, 0.3) is 0 Å². The lowest BCUT2D eigenvalue weighted by atomic mass is 9.89. The summed E-state index contributed by atoms with van der Waals surface area (Å²) in [7, 11) is 0. The SMILES string of the molecule is CC(C)n1cc(CN2C[C@@H]3Cc4nnc(C(=O)NCc5ccccc5)n4C[C@@H]3C2)cn1. The van der Waals surface area contributed by atoms with Crippen molar-refractivity contribution >= 4 is 5.91 Å². The van der Waals surface area contributed by atoms with Crippen LogP contribution in [0.3, 0.4) is 0 Å². The molecule has 0 unspecified atom stereocenters. The van der Waals surface area contributed by atoms with Crippen molar-refractivity contribution < 1.29 is 4.79 Å². The number of rotatable bonds is 6. The summed E-state index contributed by atoms with van der Waals surface area (Å²) in [6.45, 7) is 8.59. The first-order valence-corrected chi connectivity index (χ1v) is 11.1. The van der Waals surface area contributed by atoms with Crippen LogP contribution >= 0.6 is 0 Å². The zero-order valence-electron chi connectivity index (χ0n) is 18.1.